The van der Waals surface area contributed by atoms with Gasteiger partial charge in [-0.1, -0.05) is 19.8 Å². The minimum absolute atomic E-state index is 0.171. The standard InChI is InChI=1S/C13H22O2/c1-3-4-7-11(14)13-9(2)15-12-8-5-6-10(12)13/h9-10,12-13H,3-8H2,1-2H3/t9-,10+,12-,13+/m1/s1. The fraction of sp³-hybridized carbons (Fsp3) is 0.923. The van der Waals surface area contributed by atoms with Crippen LogP contribution in [0, 0.1) is 11.8 Å². The molecule has 1 aliphatic heterocycles. The first-order chi connectivity index (χ1) is 7.24. The van der Waals surface area contributed by atoms with Gasteiger partial charge in [0.1, 0.15) is 5.78 Å². The summed E-state index contributed by atoms with van der Waals surface area (Å²) in [5.74, 6) is 1.21. The molecular formula is C13H22O2. The smallest absolute Gasteiger partial charge is 0.138 e. The van der Waals surface area contributed by atoms with Crippen LogP contribution in [0.1, 0.15) is 52.4 Å². The molecule has 0 amide bonds. The molecule has 4 atom stereocenters. The minimum atomic E-state index is 0.171. The maximum Gasteiger partial charge on any atom is 0.138 e. The highest BCUT2D eigenvalue weighted by atomic mass is 16.5. The highest BCUT2D eigenvalue weighted by Gasteiger charge is 2.47. The van der Waals surface area contributed by atoms with Gasteiger partial charge in [0.2, 0.25) is 0 Å². The number of unbranched alkanes of at least 4 members (excludes halogenated alkanes) is 1. The molecule has 0 radical (unpaired) electrons. The van der Waals surface area contributed by atoms with Crippen molar-refractivity contribution < 1.29 is 9.53 Å². The van der Waals surface area contributed by atoms with Crippen molar-refractivity contribution >= 4 is 5.78 Å². The number of ketones is 1. The van der Waals surface area contributed by atoms with Gasteiger partial charge in [-0.25, -0.2) is 0 Å². The Kier molecular flexibility index (Phi) is 3.45. The van der Waals surface area contributed by atoms with Crippen molar-refractivity contribution in [2.75, 3.05) is 0 Å². The van der Waals surface area contributed by atoms with Crippen LogP contribution in [-0.4, -0.2) is 18.0 Å². The van der Waals surface area contributed by atoms with Crippen molar-refractivity contribution in [1.82, 2.24) is 0 Å². The van der Waals surface area contributed by atoms with Crippen molar-refractivity contribution in [3.8, 4) is 0 Å². The zero-order chi connectivity index (χ0) is 10.8. The Hall–Kier alpha value is -0.370. The number of rotatable bonds is 4. The molecule has 86 valence electrons. The molecule has 0 aromatic carbocycles. The van der Waals surface area contributed by atoms with Gasteiger partial charge in [-0.3, -0.25) is 4.79 Å². The Labute approximate surface area is 92.4 Å². The summed E-state index contributed by atoms with van der Waals surface area (Å²) >= 11 is 0. The third-order valence-corrected chi connectivity index (χ3v) is 4.01. The van der Waals surface area contributed by atoms with Crippen LogP contribution in [0.5, 0.6) is 0 Å². The van der Waals surface area contributed by atoms with E-state index in [4.69, 9.17) is 4.74 Å². The van der Waals surface area contributed by atoms with Crippen LogP contribution in [0.25, 0.3) is 0 Å². The number of hydrogen-bond donors (Lipinski definition) is 0. The number of carbonyl (C=O) groups is 1. The van der Waals surface area contributed by atoms with Crippen LogP contribution in [0.15, 0.2) is 0 Å². The Morgan fingerprint density at radius 1 is 1.40 bits per heavy atom. The topological polar surface area (TPSA) is 26.3 Å². The molecule has 1 aliphatic carbocycles. The van der Waals surface area contributed by atoms with Crippen LogP contribution >= 0.6 is 0 Å². The summed E-state index contributed by atoms with van der Waals surface area (Å²) in [6.07, 6.45) is 7.11. The van der Waals surface area contributed by atoms with Gasteiger partial charge in [-0.15, -0.1) is 0 Å². The molecule has 0 aromatic heterocycles. The Bertz CT molecular complexity index is 237. The lowest BCUT2D eigenvalue weighted by molar-refractivity contribution is -0.125. The molecule has 2 heteroatoms. The van der Waals surface area contributed by atoms with E-state index in [9.17, 15) is 4.79 Å². The lowest BCUT2D eigenvalue weighted by Crippen LogP contribution is -2.27. The fourth-order valence-corrected chi connectivity index (χ4v) is 3.26. The van der Waals surface area contributed by atoms with Crippen LogP contribution in [-0.2, 0) is 9.53 Å². The lowest BCUT2D eigenvalue weighted by Gasteiger charge is -2.17. The zero-order valence-electron chi connectivity index (χ0n) is 9.87. The van der Waals surface area contributed by atoms with Crippen LogP contribution in [0.2, 0.25) is 0 Å². The van der Waals surface area contributed by atoms with E-state index >= 15 is 0 Å². The maximum absolute atomic E-state index is 12.1. The summed E-state index contributed by atoms with van der Waals surface area (Å²) in [4.78, 5) is 12.1. The zero-order valence-corrected chi connectivity index (χ0v) is 9.87. The SMILES string of the molecule is CCCCC(=O)[C@@H]1[C@H]2CCC[C@H]2O[C@@H]1C. The van der Waals surface area contributed by atoms with Gasteiger partial charge in [-0.05, 0) is 32.1 Å². The van der Waals surface area contributed by atoms with E-state index in [-0.39, 0.29) is 12.0 Å². The van der Waals surface area contributed by atoms with E-state index in [1.54, 1.807) is 0 Å². The highest BCUT2D eigenvalue weighted by Crippen LogP contribution is 2.43. The predicted molar refractivity (Wildman–Crippen MR) is 59.7 cm³/mol. The quantitative estimate of drug-likeness (QED) is 0.713. The summed E-state index contributed by atoms with van der Waals surface area (Å²) in [5.41, 5.74) is 0. The average molecular weight is 210 g/mol. The van der Waals surface area contributed by atoms with E-state index < -0.39 is 0 Å². The van der Waals surface area contributed by atoms with Crippen molar-refractivity contribution in [1.29, 1.82) is 0 Å². The third-order valence-electron chi connectivity index (χ3n) is 4.01. The van der Waals surface area contributed by atoms with Gasteiger partial charge >= 0.3 is 0 Å². The monoisotopic (exact) mass is 210 g/mol. The van der Waals surface area contributed by atoms with Gasteiger partial charge in [0.25, 0.3) is 0 Å². The summed E-state index contributed by atoms with van der Waals surface area (Å²) in [6.45, 7) is 4.22. The summed E-state index contributed by atoms with van der Waals surface area (Å²) in [6, 6.07) is 0. The average Bonchev–Trinajstić information content (AvgIpc) is 2.73. The van der Waals surface area contributed by atoms with Gasteiger partial charge in [0.05, 0.1) is 12.2 Å². The van der Waals surface area contributed by atoms with Crippen LogP contribution in [0.3, 0.4) is 0 Å². The Morgan fingerprint density at radius 2 is 2.20 bits per heavy atom. The molecule has 15 heavy (non-hydrogen) atoms. The first-order valence-corrected chi connectivity index (χ1v) is 6.42. The molecule has 0 N–H and O–H groups in total. The molecule has 2 fully saturated rings. The normalized spacial score (nSPS) is 39.3. The van der Waals surface area contributed by atoms with Gasteiger partial charge in [0.15, 0.2) is 0 Å². The van der Waals surface area contributed by atoms with E-state index in [0.717, 1.165) is 19.3 Å². The second kappa shape index (κ2) is 4.65. The number of hydrogen-bond acceptors (Lipinski definition) is 2. The first-order valence-electron chi connectivity index (χ1n) is 6.42. The molecule has 0 unspecified atom stereocenters. The molecule has 1 saturated heterocycles. The van der Waals surface area contributed by atoms with Crippen LogP contribution in [0.4, 0.5) is 0 Å². The Morgan fingerprint density at radius 3 is 2.93 bits per heavy atom. The van der Waals surface area contributed by atoms with Gasteiger partial charge in [-0.2, -0.15) is 0 Å². The van der Waals surface area contributed by atoms with Crippen molar-refractivity contribution in [2.45, 2.75) is 64.6 Å². The summed E-state index contributed by atoms with van der Waals surface area (Å²) < 4.78 is 5.88. The minimum Gasteiger partial charge on any atom is -0.374 e. The number of carbonyl (C=O) groups excluding carboxylic acids is 1. The molecule has 2 rings (SSSR count). The van der Waals surface area contributed by atoms with E-state index in [1.165, 1.54) is 19.3 Å². The van der Waals surface area contributed by atoms with E-state index in [0.29, 0.717) is 17.8 Å². The number of fused-ring (bicyclic) bond motifs is 1. The van der Waals surface area contributed by atoms with Crippen LogP contribution < -0.4 is 0 Å². The van der Waals surface area contributed by atoms with E-state index in [1.807, 2.05) is 0 Å². The van der Waals surface area contributed by atoms with Crippen molar-refractivity contribution in [3.63, 3.8) is 0 Å². The summed E-state index contributed by atoms with van der Waals surface area (Å²) in [5, 5.41) is 0. The first kappa shape index (κ1) is 11.1. The Balaban J connectivity index is 1.97. The molecule has 1 saturated carbocycles. The molecule has 0 aromatic rings. The van der Waals surface area contributed by atoms with Crippen molar-refractivity contribution in [2.24, 2.45) is 11.8 Å². The predicted octanol–water partition coefficient (Wildman–Crippen LogP) is 2.95. The fourth-order valence-electron chi connectivity index (χ4n) is 3.26. The molecule has 1 heterocycles. The molecular weight excluding hydrogens is 188 g/mol. The molecule has 0 bridgehead atoms. The molecule has 2 aliphatic rings. The van der Waals surface area contributed by atoms with E-state index in [2.05, 4.69) is 13.8 Å². The lowest BCUT2D eigenvalue weighted by atomic mass is 9.83. The van der Waals surface area contributed by atoms with Crippen molar-refractivity contribution in [3.05, 3.63) is 0 Å². The second-order valence-corrected chi connectivity index (χ2v) is 5.07. The molecule has 0 spiro atoms. The largest absolute Gasteiger partial charge is 0.374 e. The maximum atomic E-state index is 12.1. The van der Waals surface area contributed by atoms with Gasteiger partial charge < -0.3 is 4.74 Å². The number of Topliss-reactive ketones (excluding diaryl/α,β-unsaturated/α-hetero) is 1. The highest BCUT2D eigenvalue weighted by molar-refractivity contribution is 5.82. The molecule has 2 nitrogen and oxygen atoms in total. The summed E-state index contributed by atoms with van der Waals surface area (Å²) in [7, 11) is 0. The van der Waals surface area contributed by atoms with Gasteiger partial charge in [0, 0.05) is 12.3 Å². The third kappa shape index (κ3) is 2.10. The second-order valence-electron chi connectivity index (χ2n) is 5.07. The number of ether oxygens (including phenoxy) is 1.